The van der Waals surface area contributed by atoms with Gasteiger partial charge in [-0.2, -0.15) is 0 Å². The maximum absolute atomic E-state index is 5.79. The largest absolute Gasteiger partial charge is 0.674 e. The van der Waals surface area contributed by atoms with Crippen molar-refractivity contribution in [2.24, 2.45) is 0 Å². The molecule has 0 saturated carbocycles. The molecule has 0 heterocycles. The minimum atomic E-state index is -1.31. The van der Waals surface area contributed by atoms with Crippen LogP contribution >= 0.6 is 0 Å². The zero-order chi connectivity index (χ0) is 11.4. The Morgan fingerprint density at radius 2 is 1.33 bits per heavy atom. The Labute approximate surface area is 100 Å². The summed E-state index contributed by atoms with van der Waals surface area (Å²) in [5.74, 6) is 0. The van der Waals surface area contributed by atoms with Gasteiger partial charge in [0.15, 0.2) is 0 Å². The van der Waals surface area contributed by atoms with Gasteiger partial charge < -0.3 is 7.58 Å². The molecule has 0 aliphatic carbocycles. The summed E-state index contributed by atoms with van der Waals surface area (Å²) in [4.78, 5) is 0. The van der Waals surface area contributed by atoms with Crippen LogP contribution in [0.25, 0.3) is 0 Å². The van der Waals surface area contributed by atoms with E-state index in [0.29, 0.717) is 0 Å². The van der Waals surface area contributed by atoms with Crippen LogP contribution in [0.3, 0.4) is 0 Å². The Hall–Kier alpha value is 0.452. The highest BCUT2D eigenvalue weighted by Gasteiger charge is 2.23. The molecule has 0 amide bonds. The van der Waals surface area contributed by atoms with Crippen LogP contribution < -0.4 is 0 Å². The van der Waals surface area contributed by atoms with Gasteiger partial charge in [-0.1, -0.05) is 46.5 Å². The average Bonchev–Trinajstić information content (AvgIpc) is 2.27. The van der Waals surface area contributed by atoms with Gasteiger partial charge >= 0.3 is 14.8 Å². The van der Waals surface area contributed by atoms with Crippen LogP contribution in [-0.2, 0) is 7.58 Å². The van der Waals surface area contributed by atoms with Crippen LogP contribution in [0.4, 0.5) is 0 Å². The van der Waals surface area contributed by atoms with Gasteiger partial charge in [0.25, 0.3) is 0 Å². The zero-order valence-corrected chi connectivity index (χ0v) is 11.9. The lowest BCUT2D eigenvalue weighted by Gasteiger charge is -2.12. The van der Waals surface area contributed by atoms with Gasteiger partial charge in [0.2, 0.25) is 0 Å². The van der Waals surface area contributed by atoms with E-state index in [-0.39, 0.29) is 0 Å². The van der Waals surface area contributed by atoms with Gasteiger partial charge in [-0.25, -0.2) is 0 Å². The third-order valence-electron chi connectivity index (χ3n) is 2.31. The quantitative estimate of drug-likeness (QED) is 0.396. The maximum atomic E-state index is 5.79. The lowest BCUT2D eigenvalue weighted by Crippen LogP contribution is -2.23. The molecular weight excluding hydrogens is 203 g/mol. The van der Waals surface area contributed by atoms with E-state index in [9.17, 15) is 0 Å². The first-order chi connectivity index (χ1) is 7.35. The van der Waals surface area contributed by atoms with Crippen LogP contribution in [-0.4, -0.2) is 28.0 Å². The van der Waals surface area contributed by atoms with Crippen molar-refractivity contribution < 1.29 is 7.58 Å². The minimum Gasteiger partial charge on any atom is -0.478 e. The first kappa shape index (κ1) is 15.5. The third-order valence-corrected chi connectivity index (χ3v) is 4.40. The third kappa shape index (κ3) is 10.7. The average molecular weight is 230 g/mol. The lowest BCUT2D eigenvalue weighted by molar-refractivity contribution is 0.195. The summed E-state index contributed by atoms with van der Waals surface area (Å²) in [6.07, 6.45) is 7.49. The van der Waals surface area contributed by atoms with Crippen molar-refractivity contribution in [2.45, 2.75) is 64.6 Å². The van der Waals surface area contributed by atoms with Crippen LogP contribution in [0.5, 0.6) is 0 Å². The van der Waals surface area contributed by atoms with E-state index in [2.05, 4.69) is 20.8 Å². The summed E-state index contributed by atoms with van der Waals surface area (Å²) in [6.45, 7) is 8.32. The van der Waals surface area contributed by atoms with E-state index in [0.717, 1.165) is 26.1 Å². The van der Waals surface area contributed by atoms with E-state index in [4.69, 9.17) is 7.58 Å². The summed E-state index contributed by atoms with van der Waals surface area (Å²) >= 11 is -1.31. The summed E-state index contributed by atoms with van der Waals surface area (Å²) in [5.41, 5.74) is 0. The van der Waals surface area contributed by atoms with Crippen LogP contribution in [0.1, 0.15) is 59.3 Å². The summed E-state index contributed by atoms with van der Waals surface area (Å²) < 4.78 is 11.6. The van der Waals surface area contributed by atoms with Crippen LogP contribution in [0.2, 0.25) is 5.28 Å². The van der Waals surface area contributed by atoms with Gasteiger partial charge in [0, 0.05) is 13.2 Å². The highest BCUT2D eigenvalue weighted by atomic mass is 27.2. The first-order valence-electron chi connectivity index (χ1n) is 6.58. The summed E-state index contributed by atoms with van der Waals surface area (Å²) in [7, 11) is 0. The SMILES string of the molecule is CCCCC[CH2][Al]([O]CCC)[O]CCC. The van der Waals surface area contributed by atoms with Gasteiger partial charge in [-0.15, -0.1) is 0 Å². The second-order valence-corrected chi connectivity index (χ2v) is 6.12. The number of rotatable bonds is 11. The fourth-order valence-corrected chi connectivity index (χ4v) is 3.50. The molecular formula is C12H27AlO2. The molecule has 0 aromatic heterocycles. The normalized spacial score (nSPS) is 10.6. The van der Waals surface area contributed by atoms with E-state index in [1.54, 1.807) is 0 Å². The van der Waals surface area contributed by atoms with Gasteiger partial charge in [-0.3, -0.25) is 0 Å². The molecule has 0 unspecified atom stereocenters. The summed E-state index contributed by atoms with van der Waals surface area (Å²) in [6, 6.07) is 0. The molecule has 0 aromatic rings. The molecule has 0 N–H and O–H groups in total. The standard InChI is InChI=1S/C6H13.2C3H7O.Al/c1-3-5-6-4-2;2*1-2-3-4;/h1,3-6H2,2H3;2*2-3H2,1H3;/q;2*-1;+2. The second-order valence-electron chi connectivity index (χ2n) is 4.02. The molecule has 2 nitrogen and oxygen atoms in total. The molecule has 0 spiro atoms. The number of unbranched alkanes of at least 4 members (excludes halogenated alkanes) is 3. The molecule has 90 valence electrons. The van der Waals surface area contributed by atoms with Crippen molar-refractivity contribution in [3.8, 4) is 0 Å². The molecule has 0 aliphatic heterocycles. The van der Waals surface area contributed by atoms with Crippen molar-refractivity contribution in [1.29, 1.82) is 0 Å². The molecule has 0 aliphatic rings. The van der Waals surface area contributed by atoms with Crippen LogP contribution in [0.15, 0.2) is 0 Å². The van der Waals surface area contributed by atoms with Crippen molar-refractivity contribution in [1.82, 2.24) is 0 Å². The Balaban J connectivity index is 3.49. The van der Waals surface area contributed by atoms with Gasteiger partial charge in [0.05, 0.1) is 0 Å². The molecule has 0 bridgehead atoms. The highest BCUT2D eigenvalue weighted by molar-refractivity contribution is 6.44. The Morgan fingerprint density at radius 3 is 1.80 bits per heavy atom. The Bertz CT molecular complexity index is 112. The molecule has 0 rings (SSSR count). The van der Waals surface area contributed by atoms with Crippen LogP contribution in [0, 0.1) is 0 Å². The van der Waals surface area contributed by atoms with Crippen molar-refractivity contribution in [3.63, 3.8) is 0 Å². The van der Waals surface area contributed by atoms with Crippen molar-refractivity contribution >= 4 is 14.8 Å². The topological polar surface area (TPSA) is 18.5 Å². The molecule has 0 fully saturated rings. The minimum absolute atomic E-state index is 0.883. The molecule has 0 saturated heterocycles. The second kappa shape index (κ2) is 12.5. The predicted octanol–water partition coefficient (Wildman–Crippen LogP) is 3.91. The van der Waals surface area contributed by atoms with Crippen molar-refractivity contribution in [3.05, 3.63) is 0 Å². The maximum Gasteiger partial charge on any atom is 0.674 e. The van der Waals surface area contributed by atoms with Gasteiger partial charge in [-0.05, 0) is 18.1 Å². The number of hydrogen-bond donors (Lipinski definition) is 0. The highest BCUT2D eigenvalue weighted by Crippen LogP contribution is 2.08. The Morgan fingerprint density at radius 1 is 0.733 bits per heavy atom. The molecule has 15 heavy (non-hydrogen) atoms. The monoisotopic (exact) mass is 230 g/mol. The van der Waals surface area contributed by atoms with E-state index in [1.807, 2.05) is 0 Å². The van der Waals surface area contributed by atoms with Crippen molar-refractivity contribution in [2.75, 3.05) is 13.2 Å². The zero-order valence-electron chi connectivity index (χ0n) is 10.8. The number of hydrogen-bond acceptors (Lipinski definition) is 2. The molecule has 0 aromatic carbocycles. The predicted molar refractivity (Wildman–Crippen MR) is 67.2 cm³/mol. The lowest BCUT2D eigenvalue weighted by atomic mass is 10.2. The fourth-order valence-electron chi connectivity index (χ4n) is 1.45. The fraction of sp³-hybridized carbons (Fsp3) is 1.00. The summed E-state index contributed by atoms with van der Waals surface area (Å²) in [5, 5.41) is 1.19. The Kier molecular flexibility index (Phi) is 12.9. The first-order valence-corrected chi connectivity index (χ1v) is 8.34. The van der Waals surface area contributed by atoms with E-state index < -0.39 is 14.8 Å². The molecule has 0 radical (unpaired) electrons. The molecule has 0 atom stereocenters. The van der Waals surface area contributed by atoms with E-state index >= 15 is 0 Å². The smallest absolute Gasteiger partial charge is 0.478 e. The molecule has 3 heteroatoms. The van der Waals surface area contributed by atoms with Gasteiger partial charge in [0.1, 0.15) is 0 Å². The van der Waals surface area contributed by atoms with E-state index in [1.165, 1.54) is 31.0 Å².